The first-order valence-electron chi connectivity index (χ1n) is 6.59. The number of aliphatic hydroxyl groups excluding tert-OH is 4. The van der Waals surface area contributed by atoms with E-state index >= 15 is 0 Å². The summed E-state index contributed by atoms with van der Waals surface area (Å²) in [6, 6.07) is 4.46. The van der Waals surface area contributed by atoms with Crippen LogP contribution in [0.2, 0.25) is 0 Å². The Morgan fingerprint density at radius 2 is 1.95 bits per heavy atom. The van der Waals surface area contributed by atoms with E-state index in [1.54, 1.807) is 6.07 Å². The molecule has 22 heavy (non-hydrogen) atoms. The zero-order valence-corrected chi connectivity index (χ0v) is 11.2. The van der Waals surface area contributed by atoms with Gasteiger partial charge in [-0.2, -0.15) is 0 Å². The van der Waals surface area contributed by atoms with E-state index in [9.17, 15) is 20.1 Å². The summed E-state index contributed by atoms with van der Waals surface area (Å²) in [4.78, 5) is 13.5. The van der Waals surface area contributed by atoms with Crippen LogP contribution in [0, 0.1) is 0 Å². The van der Waals surface area contributed by atoms with Gasteiger partial charge in [0.2, 0.25) is 6.29 Å². The molecule has 0 unspecified atom stereocenters. The number of nitrogens with one attached hydrogen (secondary N) is 1. The minimum Gasteiger partial charge on any atom is -0.462 e. The minimum absolute atomic E-state index is 0.222. The number of H-pyrrole nitrogens is 1. The average molecular weight is 313 g/mol. The van der Waals surface area contributed by atoms with Crippen LogP contribution in [0.5, 0.6) is 5.75 Å². The highest BCUT2D eigenvalue weighted by Gasteiger charge is 2.44. The van der Waals surface area contributed by atoms with Gasteiger partial charge in [0.05, 0.1) is 12.1 Å². The Balaban J connectivity index is 1.81. The van der Waals surface area contributed by atoms with Crippen LogP contribution in [0.25, 0.3) is 11.1 Å². The third-order valence-electron chi connectivity index (χ3n) is 3.49. The van der Waals surface area contributed by atoms with Crippen molar-refractivity contribution in [3.05, 3.63) is 28.7 Å². The van der Waals surface area contributed by atoms with Gasteiger partial charge in [0.15, 0.2) is 5.58 Å². The Labute approximate surface area is 123 Å². The van der Waals surface area contributed by atoms with Crippen LogP contribution in [-0.4, -0.2) is 62.7 Å². The van der Waals surface area contributed by atoms with Crippen molar-refractivity contribution in [3.63, 3.8) is 0 Å². The fourth-order valence-corrected chi connectivity index (χ4v) is 2.30. The molecule has 5 atom stereocenters. The SMILES string of the molecule is O=c1[nH]c2ccc(O[C@H]3O[C@H](CO)[C@@H](O)[C@H](O)[C@@H]3O)cc2o1. The summed E-state index contributed by atoms with van der Waals surface area (Å²) in [5, 5.41) is 38.4. The number of hydrogen-bond acceptors (Lipinski definition) is 8. The first kappa shape index (κ1) is 15.0. The highest BCUT2D eigenvalue weighted by atomic mass is 16.7. The predicted molar refractivity (Wildman–Crippen MR) is 71.2 cm³/mol. The first-order valence-corrected chi connectivity index (χ1v) is 6.59. The van der Waals surface area contributed by atoms with E-state index in [4.69, 9.17) is 19.0 Å². The number of oxazole rings is 1. The molecule has 1 saturated heterocycles. The maximum absolute atomic E-state index is 11.1. The van der Waals surface area contributed by atoms with Crippen molar-refractivity contribution < 1.29 is 34.3 Å². The van der Waals surface area contributed by atoms with Crippen molar-refractivity contribution in [2.75, 3.05) is 6.61 Å². The van der Waals surface area contributed by atoms with Crippen LogP contribution in [-0.2, 0) is 4.74 Å². The summed E-state index contributed by atoms with van der Waals surface area (Å²) in [5.41, 5.74) is 0.734. The fourth-order valence-electron chi connectivity index (χ4n) is 2.30. The van der Waals surface area contributed by atoms with Crippen LogP contribution in [0.15, 0.2) is 27.4 Å². The second kappa shape index (κ2) is 5.71. The van der Waals surface area contributed by atoms with E-state index in [1.165, 1.54) is 12.1 Å². The molecular weight excluding hydrogens is 298 g/mol. The molecule has 9 nitrogen and oxygen atoms in total. The standard InChI is InChI=1S/C13H15NO8/c15-4-8-9(16)10(17)11(18)12(21-8)20-5-1-2-6-7(3-5)22-13(19)14-6/h1-3,8-12,15-18H,4H2,(H,14,19)/t8-,9-,10+,11+,12+/m1/s1. The van der Waals surface area contributed by atoms with Crippen molar-refractivity contribution in [1.29, 1.82) is 0 Å². The van der Waals surface area contributed by atoms with Crippen molar-refractivity contribution >= 4 is 11.1 Å². The molecule has 1 fully saturated rings. The highest BCUT2D eigenvalue weighted by Crippen LogP contribution is 2.25. The summed E-state index contributed by atoms with van der Waals surface area (Å²) < 4.78 is 15.5. The number of ether oxygens (including phenoxy) is 2. The molecule has 3 rings (SSSR count). The van der Waals surface area contributed by atoms with Crippen molar-refractivity contribution in [2.45, 2.75) is 30.7 Å². The third kappa shape index (κ3) is 2.60. The van der Waals surface area contributed by atoms with E-state index < -0.39 is 43.1 Å². The normalized spacial score (nSPS) is 32.3. The van der Waals surface area contributed by atoms with Crippen LogP contribution in [0.4, 0.5) is 0 Å². The van der Waals surface area contributed by atoms with Gasteiger partial charge in [-0.1, -0.05) is 0 Å². The molecule has 2 heterocycles. The zero-order valence-electron chi connectivity index (χ0n) is 11.2. The fraction of sp³-hybridized carbons (Fsp3) is 0.462. The number of fused-ring (bicyclic) bond motifs is 1. The molecule has 9 heteroatoms. The molecule has 5 N–H and O–H groups in total. The molecule has 1 aromatic carbocycles. The maximum atomic E-state index is 11.1. The van der Waals surface area contributed by atoms with Crippen LogP contribution in [0.1, 0.15) is 0 Å². The second-order valence-corrected chi connectivity index (χ2v) is 4.99. The van der Waals surface area contributed by atoms with Gasteiger partial charge in [-0.15, -0.1) is 0 Å². The van der Waals surface area contributed by atoms with E-state index in [-0.39, 0.29) is 11.3 Å². The smallest absolute Gasteiger partial charge is 0.417 e. The van der Waals surface area contributed by atoms with Crippen LogP contribution in [0.3, 0.4) is 0 Å². The van der Waals surface area contributed by atoms with E-state index in [0.717, 1.165) is 0 Å². The molecule has 0 amide bonds. The third-order valence-corrected chi connectivity index (χ3v) is 3.49. The Hall–Kier alpha value is -1.91. The molecule has 0 aliphatic carbocycles. The van der Waals surface area contributed by atoms with Gasteiger partial charge in [-0.05, 0) is 12.1 Å². The first-order chi connectivity index (χ1) is 10.5. The molecule has 1 aliphatic heterocycles. The van der Waals surface area contributed by atoms with Gasteiger partial charge in [0.1, 0.15) is 30.2 Å². The monoisotopic (exact) mass is 313 g/mol. The molecule has 0 spiro atoms. The Morgan fingerprint density at radius 1 is 1.18 bits per heavy atom. The van der Waals surface area contributed by atoms with Crippen molar-refractivity contribution in [1.82, 2.24) is 4.98 Å². The molecule has 120 valence electrons. The summed E-state index contributed by atoms with van der Waals surface area (Å²) in [5.74, 6) is -0.389. The Bertz CT molecular complexity index is 707. The van der Waals surface area contributed by atoms with Crippen molar-refractivity contribution in [3.8, 4) is 5.75 Å². The molecule has 1 aliphatic rings. The van der Waals surface area contributed by atoms with Crippen LogP contribution < -0.4 is 10.5 Å². The summed E-state index contributed by atoms with van der Waals surface area (Å²) in [7, 11) is 0. The Kier molecular flexibility index (Phi) is 3.89. The summed E-state index contributed by atoms with van der Waals surface area (Å²) in [6.07, 6.45) is -6.84. The number of benzene rings is 1. The van der Waals surface area contributed by atoms with E-state index in [2.05, 4.69) is 4.98 Å². The molecular formula is C13H15NO8. The van der Waals surface area contributed by atoms with Gasteiger partial charge in [0.25, 0.3) is 0 Å². The molecule has 0 saturated carbocycles. The minimum atomic E-state index is -1.52. The molecule has 2 aromatic rings. The summed E-state index contributed by atoms with van der Waals surface area (Å²) >= 11 is 0. The number of aromatic nitrogens is 1. The molecule has 0 radical (unpaired) electrons. The quantitative estimate of drug-likeness (QED) is 0.451. The number of aliphatic hydroxyl groups is 4. The Morgan fingerprint density at radius 3 is 2.68 bits per heavy atom. The van der Waals surface area contributed by atoms with Gasteiger partial charge >= 0.3 is 5.76 Å². The van der Waals surface area contributed by atoms with Crippen LogP contribution >= 0.6 is 0 Å². The molecule has 0 bridgehead atoms. The van der Waals surface area contributed by atoms with Gasteiger partial charge in [-0.25, -0.2) is 4.79 Å². The van der Waals surface area contributed by atoms with Gasteiger partial charge < -0.3 is 34.3 Å². The average Bonchev–Trinajstić information content (AvgIpc) is 2.87. The zero-order chi connectivity index (χ0) is 15.9. The van der Waals surface area contributed by atoms with E-state index in [0.29, 0.717) is 5.52 Å². The molecule has 1 aromatic heterocycles. The largest absolute Gasteiger partial charge is 0.462 e. The highest BCUT2D eigenvalue weighted by molar-refractivity contribution is 5.73. The number of hydrogen-bond donors (Lipinski definition) is 5. The number of aromatic amines is 1. The lowest BCUT2D eigenvalue weighted by Gasteiger charge is -2.39. The van der Waals surface area contributed by atoms with Gasteiger partial charge in [-0.3, -0.25) is 4.98 Å². The predicted octanol–water partition coefficient (Wildman–Crippen LogP) is -1.70. The lowest BCUT2D eigenvalue weighted by atomic mass is 9.99. The van der Waals surface area contributed by atoms with Crippen molar-refractivity contribution in [2.24, 2.45) is 0 Å². The van der Waals surface area contributed by atoms with E-state index in [1.807, 2.05) is 0 Å². The topological polar surface area (TPSA) is 145 Å². The maximum Gasteiger partial charge on any atom is 0.417 e. The lowest BCUT2D eigenvalue weighted by Crippen LogP contribution is -2.60. The second-order valence-electron chi connectivity index (χ2n) is 4.99. The lowest BCUT2D eigenvalue weighted by molar-refractivity contribution is -0.277. The number of rotatable bonds is 3. The summed E-state index contributed by atoms with van der Waals surface area (Å²) in [6.45, 7) is -0.545. The van der Waals surface area contributed by atoms with Gasteiger partial charge in [0, 0.05) is 6.07 Å².